The predicted octanol–water partition coefficient (Wildman–Crippen LogP) is 0.379. The second-order valence-corrected chi connectivity index (χ2v) is 3.29. The minimum atomic E-state index is -1.20. The maximum absolute atomic E-state index is 9.65. The molecule has 3 N–H and O–H groups in total. The Hall–Kier alpha value is -0.900. The molecule has 3 heteroatoms. The summed E-state index contributed by atoms with van der Waals surface area (Å²) in [7, 11) is 0. The minimum Gasteiger partial charge on any atom is -0.393 e. The van der Waals surface area contributed by atoms with Crippen LogP contribution in [0.3, 0.4) is 0 Å². The zero-order valence-electron chi connectivity index (χ0n) is 7.57. The van der Waals surface area contributed by atoms with Crippen molar-refractivity contribution in [1.29, 1.82) is 0 Å². The maximum atomic E-state index is 9.65. The van der Waals surface area contributed by atoms with E-state index in [1.54, 1.807) is 31.2 Å². The molecular formula is C10H14O3. The number of hydrogen-bond donors (Lipinski definition) is 3. The second kappa shape index (κ2) is 3.87. The molecule has 3 nitrogen and oxygen atoms in total. The van der Waals surface area contributed by atoms with E-state index in [-0.39, 0.29) is 13.2 Å². The molecule has 0 aliphatic heterocycles. The van der Waals surface area contributed by atoms with Gasteiger partial charge in [0.1, 0.15) is 5.60 Å². The van der Waals surface area contributed by atoms with Gasteiger partial charge in [0.05, 0.1) is 13.2 Å². The number of aliphatic hydroxyl groups is 3. The van der Waals surface area contributed by atoms with Crippen LogP contribution >= 0.6 is 0 Å². The van der Waals surface area contributed by atoms with E-state index in [0.717, 1.165) is 5.56 Å². The summed E-state index contributed by atoms with van der Waals surface area (Å²) < 4.78 is 0. The summed E-state index contributed by atoms with van der Waals surface area (Å²) in [5.41, 5.74) is 0.234. The molecule has 13 heavy (non-hydrogen) atoms. The Kier molecular flexibility index (Phi) is 3.03. The molecule has 0 radical (unpaired) electrons. The van der Waals surface area contributed by atoms with E-state index in [1.165, 1.54) is 0 Å². The summed E-state index contributed by atoms with van der Waals surface area (Å²) in [6.45, 7) is 1.22. The molecule has 1 atom stereocenters. The second-order valence-electron chi connectivity index (χ2n) is 3.29. The van der Waals surface area contributed by atoms with Gasteiger partial charge in [-0.1, -0.05) is 24.3 Å². The first-order valence-corrected chi connectivity index (χ1v) is 4.13. The third-order valence-electron chi connectivity index (χ3n) is 2.07. The van der Waals surface area contributed by atoms with E-state index in [9.17, 15) is 5.11 Å². The van der Waals surface area contributed by atoms with E-state index in [1.807, 2.05) is 0 Å². The Labute approximate surface area is 77.3 Å². The highest BCUT2D eigenvalue weighted by Gasteiger charge is 2.21. The Morgan fingerprint density at radius 3 is 2.08 bits per heavy atom. The average molecular weight is 182 g/mol. The fraction of sp³-hybridized carbons (Fsp3) is 0.400. The predicted molar refractivity (Wildman–Crippen MR) is 49.0 cm³/mol. The van der Waals surface area contributed by atoms with E-state index in [0.29, 0.717) is 5.56 Å². The number of benzene rings is 1. The van der Waals surface area contributed by atoms with Crippen molar-refractivity contribution in [3.63, 3.8) is 0 Å². The summed E-state index contributed by atoms with van der Waals surface area (Å²) in [6.07, 6.45) is 0. The fourth-order valence-electron chi connectivity index (χ4n) is 1.06. The Bertz CT molecular complexity index is 264. The van der Waals surface area contributed by atoms with Crippen LogP contribution in [0, 0.1) is 0 Å². The highest BCUT2D eigenvalue weighted by molar-refractivity contribution is 5.26. The molecule has 0 spiro atoms. The number of hydrogen-bond acceptors (Lipinski definition) is 3. The SMILES string of the molecule is CC(O)(CO)c1ccc(CO)cc1. The van der Waals surface area contributed by atoms with Crippen LogP contribution in [-0.4, -0.2) is 21.9 Å². The van der Waals surface area contributed by atoms with Crippen LogP contribution < -0.4 is 0 Å². The van der Waals surface area contributed by atoms with Gasteiger partial charge in [0.2, 0.25) is 0 Å². The van der Waals surface area contributed by atoms with Gasteiger partial charge >= 0.3 is 0 Å². The van der Waals surface area contributed by atoms with E-state index in [4.69, 9.17) is 10.2 Å². The van der Waals surface area contributed by atoms with Gasteiger partial charge in [-0.15, -0.1) is 0 Å². The molecule has 0 heterocycles. The molecule has 1 unspecified atom stereocenters. The quantitative estimate of drug-likeness (QED) is 0.633. The lowest BCUT2D eigenvalue weighted by atomic mass is 9.96. The molecule has 0 fully saturated rings. The molecule has 0 aliphatic rings. The van der Waals surface area contributed by atoms with Crippen LogP contribution in [0.1, 0.15) is 18.1 Å². The van der Waals surface area contributed by atoms with E-state index < -0.39 is 5.60 Å². The van der Waals surface area contributed by atoms with Gasteiger partial charge in [-0.05, 0) is 18.1 Å². The lowest BCUT2D eigenvalue weighted by Crippen LogP contribution is -2.25. The van der Waals surface area contributed by atoms with Crippen molar-refractivity contribution in [2.45, 2.75) is 19.1 Å². The normalized spacial score (nSPS) is 15.4. The van der Waals surface area contributed by atoms with Gasteiger partial charge in [0, 0.05) is 0 Å². The molecule has 1 rings (SSSR count). The van der Waals surface area contributed by atoms with Crippen molar-refractivity contribution in [3.8, 4) is 0 Å². The van der Waals surface area contributed by atoms with Crippen molar-refractivity contribution in [2.24, 2.45) is 0 Å². The molecule has 1 aromatic carbocycles. The highest BCUT2D eigenvalue weighted by Crippen LogP contribution is 2.19. The Balaban J connectivity index is 2.92. The molecule has 0 saturated carbocycles. The summed E-state index contributed by atoms with van der Waals surface area (Å²) in [4.78, 5) is 0. The van der Waals surface area contributed by atoms with Crippen LogP contribution in [-0.2, 0) is 12.2 Å². The van der Waals surface area contributed by atoms with Crippen molar-refractivity contribution in [1.82, 2.24) is 0 Å². The van der Waals surface area contributed by atoms with Gasteiger partial charge in [-0.25, -0.2) is 0 Å². The molecule has 0 aliphatic carbocycles. The molecule has 0 bridgehead atoms. The summed E-state index contributed by atoms with van der Waals surface area (Å²) in [5.74, 6) is 0. The molecule has 0 saturated heterocycles. The molecular weight excluding hydrogens is 168 g/mol. The van der Waals surface area contributed by atoms with Crippen LogP contribution in [0.5, 0.6) is 0 Å². The van der Waals surface area contributed by atoms with Gasteiger partial charge in [0.15, 0.2) is 0 Å². The highest BCUT2D eigenvalue weighted by atomic mass is 16.3. The maximum Gasteiger partial charge on any atom is 0.110 e. The van der Waals surface area contributed by atoms with Crippen LogP contribution in [0.4, 0.5) is 0 Å². The third-order valence-corrected chi connectivity index (χ3v) is 2.07. The molecule has 72 valence electrons. The summed E-state index contributed by atoms with van der Waals surface area (Å²) >= 11 is 0. The topological polar surface area (TPSA) is 60.7 Å². The monoisotopic (exact) mass is 182 g/mol. The van der Waals surface area contributed by atoms with Crippen molar-refractivity contribution in [3.05, 3.63) is 35.4 Å². The summed E-state index contributed by atoms with van der Waals surface area (Å²) in [6, 6.07) is 6.84. The largest absolute Gasteiger partial charge is 0.393 e. The first-order valence-electron chi connectivity index (χ1n) is 4.13. The van der Waals surface area contributed by atoms with Crippen LogP contribution in [0.2, 0.25) is 0 Å². The van der Waals surface area contributed by atoms with Crippen molar-refractivity contribution < 1.29 is 15.3 Å². The van der Waals surface area contributed by atoms with Crippen LogP contribution in [0.15, 0.2) is 24.3 Å². The summed E-state index contributed by atoms with van der Waals surface area (Å²) in [5, 5.41) is 27.3. The van der Waals surface area contributed by atoms with Gasteiger partial charge in [0.25, 0.3) is 0 Å². The van der Waals surface area contributed by atoms with Crippen molar-refractivity contribution >= 4 is 0 Å². The first-order chi connectivity index (χ1) is 6.10. The molecule has 1 aromatic rings. The average Bonchev–Trinajstić information content (AvgIpc) is 2.18. The lowest BCUT2D eigenvalue weighted by molar-refractivity contribution is -0.00230. The Morgan fingerprint density at radius 1 is 1.15 bits per heavy atom. The molecule has 0 amide bonds. The zero-order valence-corrected chi connectivity index (χ0v) is 7.57. The van der Waals surface area contributed by atoms with Crippen molar-refractivity contribution in [2.75, 3.05) is 6.61 Å². The molecule has 0 aromatic heterocycles. The number of rotatable bonds is 3. The van der Waals surface area contributed by atoms with E-state index in [2.05, 4.69) is 0 Å². The smallest absolute Gasteiger partial charge is 0.110 e. The minimum absolute atomic E-state index is 0.0124. The number of aliphatic hydroxyl groups excluding tert-OH is 2. The lowest BCUT2D eigenvalue weighted by Gasteiger charge is -2.20. The van der Waals surface area contributed by atoms with Gasteiger partial charge in [-0.3, -0.25) is 0 Å². The first kappa shape index (κ1) is 10.2. The Morgan fingerprint density at radius 2 is 1.69 bits per heavy atom. The zero-order chi connectivity index (χ0) is 9.90. The van der Waals surface area contributed by atoms with Gasteiger partial charge < -0.3 is 15.3 Å². The van der Waals surface area contributed by atoms with E-state index >= 15 is 0 Å². The fourth-order valence-corrected chi connectivity index (χ4v) is 1.06. The standard InChI is InChI=1S/C10H14O3/c1-10(13,7-12)9-4-2-8(6-11)3-5-9/h2-5,11-13H,6-7H2,1H3. The van der Waals surface area contributed by atoms with Crippen LogP contribution in [0.25, 0.3) is 0 Å². The van der Waals surface area contributed by atoms with Gasteiger partial charge in [-0.2, -0.15) is 0 Å². The third kappa shape index (κ3) is 2.28.